The van der Waals surface area contributed by atoms with Gasteiger partial charge < -0.3 is 10.4 Å². The molecule has 0 radical (unpaired) electrons. The summed E-state index contributed by atoms with van der Waals surface area (Å²) in [5.74, 6) is 0.961. The first-order valence-corrected chi connectivity index (χ1v) is 5.24. The Morgan fingerprint density at radius 3 is 3.00 bits per heavy atom. The van der Waals surface area contributed by atoms with E-state index in [1.165, 1.54) is 0 Å². The molecule has 86 valence electrons. The minimum absolute atomic E-state index is 0.0320. The lowest BCUT2D eigenvalue weighted by atomic mass is 10.1. The van der Waals surface area contributed by atoms with Crippen LogP contribution in [0.3, 0.4) is 0 Å². The first kappa shape index (κ1) is 10.8. The summed E-state index contributed by atoms with van der Waals surface area (Å²) in [6.45, 7) is 4.14. The number of fused-ring (bicyclic) bond motifs is 1. The monoisotopic (exact) mass is 221 g/mol. The van der Waals surface area contributed by atoms with E-state index >= 15 is 0 Å². The van der Waals surface area contributed by atoms with E-state index < -0.39 is 0 Å². The number of anilines is 1. The Morgan fingerprint density at radius 1 is 1.50 bits per heavy atom. The fourth-order valence-corrected chi connectivity index (χ4v) is 1.46. The molecule has 2 rings (SSSR count). The fraction of sp³-hybridized carbons (Fsp3) is 0.500. The molecule has 0 aliphatic rings. The van der Waals surface area contributed by atoms with Gasteiger partial charge in [0.2, 0.25) is 5.65 Å². The first-order chi connectivity index (χ1) is 7.72. The number of hydrogen-bond donors (Lipinski definition) is 2. The molecule has 0 saturated carbocycles. The number of hydrogen-bond acceptors (Lipinski definition) is 5. The predicted molar refractivity (Wildman–Crippen MR) is 60.1 cm³/mol. The molecule has 0 aliphatic carbocycles. The second-order valence-electron chi connectivity index (χ2n) is 4.02. The van der Waals surface area contributed by atoms with E-state index in [0.29, 0.717) is 17.4 Å². The van der Waals surface area contributed by atoms with Crippen LogP contribution in [0.25, 0.3) is 5.65 Å². The third-order valence-electron chi connectivity index (χ3n) is 2.54. The van der Waals surface area contributed by atoms with Crippen LogP contribution in [0.15, 0.2) is 18.7 Å². The van der Waals surface area contributed by atoms with Crippen molar-refractivity contribution in [2.45, 2.75) is 19.9 Å². The summed E-state index contributed by atoms with van der Waals surface area (Å²) < 4.78 is 1.78. The highest BCUT2D eigenvalue weighted by Crippen LogP contribution is 2.14. The first-order valence-electron chi connectivity index (χ1n) is 5.24. The van der Waals surface area contributed by atoms with Crippen molar-refractivity contribution >= 4 is 11.5 Å². The highest BCUT2D eigenvalue weighted by molar-refractivity contribution is 5.61. The molecule has 1 atom stereocenters. The molecule has 0 aromatic carbocycles. The Kier molecular flexibility index (Phi) is 3.00. The van der Waals surface area contributed by atoms with Crippen LogP contribution in [0.5, 0.6) is 0 Å². The van der Waals surface area contributed by atoms with Gasteiger partial charge in [0.25, 0.3) is 0 Å². The summed E-state index contributed by atoms with van der Waals surface area (Å²) in [4.78, 5) is 4.20. The lowest BCUT2D eigenvalue weighted by molar-refractivity contribution is 0.249. The van der Waals surface area contributed by atoms with Crippen molar-refractivity contribution < 1.29 is 5.11 Å². The maximum Gasteiger partial charge on any atom is 0.203 e. The molecule has 0 aliphatic heterocycles. The van der Waals surface area contributed by atoms with Gasteiger partial charge in [-0.1, -0.05) is 13.8 Å². The lowest BCUT2D eigenvalue weighted by Gasteiger charge is -2.20. The normalized spacial score (nSPS) is 13.2. The van der Waals surface area contributed by atoms with Crippen LogP contribution in [0.1, 0.15) is 13.8 Å². The van der Waals surface area contributed by atoms with Gasteiger partial charge in [0.05, 0.1) is 12.6 Å². The zero-order valence-electron chi connectivity index (χ0n) is 9.33. The number of nitrogens with one attached hydrogen (secondary N) is 1. The van der Waals surface area contributed by atoms with Crippen molar-refractivity contribution in [3.8, 4) is 0 Å². The quantitative estimate of drug-likeness (QED) is 0.788. The number of rotatable bonds is 4. The Bertz CT molecular complexity index is 467. The molecule has 16 heavy (non-hydrogen) atoms. The predicted octanol–water partition coefficient (Wildman–Crippen LogP) is 0.553. The summed E-state index contributed by atoms with van der Waals surface area (Å²) in [6, 6.07) is -0.0320. The Labute approximate surface area is 93.3 Å². The third kappa shape index (κ3) is 1.96. The van der Waals surface area contributed by atoms with Gasteiger partial charge in [-0.15, -0.1) is 10.2 Å². The second kappa shape index (κ2) is 4.44. The van der Waals surface area contributed by atoms with E-state index in [1.54, 1.807) is 23.1 Å². The van der Waals surface area contributed by atoms with E-state index in [2.05, 4.69) is 20.5 Å². The largest absolute Gasteiger partial charge is 0.394 e. The molecule has 2 aromatic rings. The lowest BCUT2D eigenvalue weighted by Crippen LogP contribution is -2.30. The van der Waals surface area contributed by atoms with Gasteiger partial charge in [0.1, 0.15) is 6.33 Å². The van der Waals surface area contributed by atoms with Crippen molar-refractivity contribution in [2.75, 3.05) is 11.9 Å². The van der Waals surface area contributed by atoms with Crippen molar-refractivity contribution in [3.05, 3.63) is 18.7 Å². The second-order valence-corrected chi connectivity index (χ2v) is 4.02. The summed E-state index contributed by atoms with van der Waals surface area (Å²) in [5, 5.41) is 20.2. The van der Waals surface area contributed by atoms with Gasteiger partial charge in [0, 0.05) is 12.4 Å². The number of aliphatic hydroxyl groups is 1. The standard InChI is InChI=1S/C10H15N5O/c1-7(2)8(5-16)13-9-10-14-12-6-15(10)4-3-11-9/h3-4,6-8,16H,5H2,1-2H3,(H,11,13)/t8-/m1/s1. The van der Waals surface area contributed by atoms with Crippen LogP contribution in [-0.4, -0.2) is 37.3 Å². The van der Waals surface area contributed by atoms with Crippen molar-refractivity contribution in [2.24, 2.45) is 5.92 Å². The van der Waals surface area contributed by atoms with E-state index in [4.69, 9.17) is 0 Å². The molecule has 2 heterocycles. The average molecular weight is 221 g/mol. The summed E-state index contributed by atoms with van der Waals surface area (Å²) in [5.41, 5.74) is 0.668. The molecular formula is C10H15N5O. The van der Waals surface area contributed by atoms with E-state index in [1.807, 2.05) is 13.8 Å². The van der Waals surface area contributed by atoms with Crippen LogP contribution in [-0.2, 0) is 0 Å². The van der Waals surface area contributed by atoms with E-state index in [0.717, 1.165) is 0 Å². The number of nitrogens with zero attached hydrogens (tertiary/aromatic N) is 4. The molecule has 2 N–H and O–H groups in total. The van der Waals surface area contributed by atoms with Crippen molar-refractivity contribution in [1.29, 1.82) is 0 Å². The van der Waals surface area contributed by atoms with Gasteiger partial charge in [-0.3, -0.25) is 4.40 Å². The minimum Gasteiger partial charge on any atom is -0.394 e. The van der Waals surface area contributed by atoms with Crippen LogP contribution in [0.4, 0.5) is 5.82 Å². The van der Waals surface area contributed by atoms with Crippen LogP contribution in [0, 0.1) is 5.92 Å². The zero-order chi connectivity index (χ0) is 11.5. The molecule has 2 aromatic heterocycles. The third-order valence-corrected chi connectivity index (χ3v) is 2.54. The maximum atomic E-state index is 9.25. The fourth-order valence-electron chi connectivity index (χ4n) is 1.46. The van der Waals surface area contributed by atoms with Gasteiger partial charge >= 0.3 is 0 Å². The Hall–Kier alpha value is -1.69. The van der Waals surface area contributed by atoms with Gasteiger partial charge in [-0.05, 0) is 5.92 Å². The molecular weight excluding hydrogens is 206 g/mol. The van der Waals surface area contributed by atoms with E-state index in [-0.39, 0.29) is 12.6 Å². The summed E-state index contributed by atoms with van der Waals surface area (Å²) in [7, 11) is 0. The molecule has 0 fully saturated rings. The topological polar surface area (TPSA) is 75.3 Å². The molecule has 0 saturated heterocycles. The van der Waals surface area contributed by atoms with Crippen LogP contribution < -0.4 is 5.32 Å². The Balaban J connectivity index is 2.29. The van der Waals surface area contributed by atoms with Gasteiger partial charge in [0.15, 0.2) is 5.82 Å². The van der Waals surface area contributed by atoms with Crippen LogP contribution >= 0.6 is 0 Å². The molecule has 0 unspecified atom stereocenters. The smallest absolute Gasteiger partial charge is 0.203 e. The summed E-state index contributed by atoms with van der Waals surface area (Å²) >= 11 is 0. The average Bonchev–Trinajstić information content (AvgIpc) is 2.73. The maximum absolute atomic E-state index is 9.25. The molecule has 6 heteroatoms. The summed E-state index contributed by atoms with van der Waals surface area (Å²) in [6.07, 6.45) is 5.07. The van der Waals surface area contributed by atoms with Gasteiger partial charge in [-0.2, -0.15) is 0 Å². The highest BCUT2D eigenvalue weighted by Gasteiger charge is 2.14. The van der Waals surface area contributed by atoms with Crippen LogP contribution in [0.2, 0.25) is 0 Å². The van der Waals surface area contributed by atoms with Crippen molar-refractivity contribution in [3.63, 3.8) is 0 Å². The number of aromatic nitrogens is 4. The highest BCUT2D eigenvalue weighted by atomic mass is 16.3. The van der Waals surface area contributed by atoms with Crippen molar-refractivity contribution in [1.82, 2.24) is 19.6 Å². The van der Waals surface area contributed by atoms with Gasteiger partial charge in [-0.25, -0.2) is 4.98 Å². The molecule has 6 nitrogen and oxygen atoms in total. The SMILES string of the molecule is CC(C)[C@@H](CO)Nc1nccn2cnnc12. The molecule has 0 spiro atoms. The molecule has 0 bridgehead atoms. The zero-order valence-corrected chi connectivity index (χ0v) is 9.33. The minimum atomic E-state index is -0.0320. The molecule has 0 amide bonds. The number of aliphatic hydroxyl groups excluding tert-OH is 1. The van der Waals surface area contributed by atoms with E-state index in [9.17, 15) is 5.11 Å². The Morgan fingerprint density at radius 2 is 2.31 bits per heavy atom.